The minimum atomic E-state index is -2.86. The summed E-state index contributed by atoms with van der Waals surface area (Å²) in [5, 5.41) is 0. The SMILES string of the molecule is N[C@H]1CS(=O)(=O)C[C@@H]1N1CCCCC1. The van der Waals surface area contributed by atoms with Crippen LogP contribution in [0.15, 0.2) is 0 Å². The fourth-order valence-corrected chi connectivity index (χ4v) is 4.41. The predicted octanol–water partition coefficient (Wildman–Crippen LogP) is -0.403. The molecule has 4 nitrogen and oxygen atoms in total. The van der Waals surface area contributed by atoms with Crippen molar-refractivity contribution in [2.45, 2.75) is 31.3 Å². The second-order valence-corrected chi connectivity index (χ2v) is 6.56. The third-order valence-electron chi connectivity index (χ3n) is 3.22. The molecule has 2 heterocycles. The summed E-state index contributed by atoms with van der Waals surface area (Å²) in [7, 11) is -2.86. The van der Waals surface area contributed by atoms with Gasteiger partial charge >= 0.3 is 0 Å². The molecule has 0 aromatic carbocycles. The van der Waals surface area contributed by atoms with E-state index in [2.05, 4.69) is 4.90 Å². The Morgan fingerprint density at radius 2 is 1.71 bits per heavy atom. The van der Waals surface area contributed by atoms with Crippen LogP contribution in [0.1, 0.15) is 19.3 Å². The standard InChI is InChI=1S/C9H18N2O2S/c10-8-6-14(12,13)7-9(8)11-4-2-1-3-5-11/h8-9H,1-7,10H2/t8-,9-/m0/s1. The van der Waals surface area contributed by atoms with Crippen LogP contribution in [0.5, 0.6) is 0 Å². The van der Waals surface area contributed by atoms with Crippen molar-refractivity contribution in [3.63, 3.8) is 0 Å². The van der Waals surface area contributed by atoms with Gasteiger partial charge in [0.05, 0.1) is 11.5 Å². The van der Waals surface area contributed by atoms with Gasteiger partial charge < -0.3 is 5.73 Å². The largest absolute Gasteiger partial charge is 0.325 e. The molecule has 0 spiro atoms. The van der Waals surface area contributed by atoms with Gasteiger partial charge in [0.25, 0.3) is 0 Å². The van der Waals surface area contributed by atoms with E-state index in [1.807, 2.05) is 0 Å². The summed E-state index contributed by atoms with van der Waals surface area (Å²) in [6, 6.07) is -0.0848. The van der Waals surface area contributed by atoms with E-state index in [-0.39, 0.29) is 23.6 Å². The van der Waals surface area contributed by atoms with Crippen LogP contribution in [0, 0.1) is 0 Å². The lowest BCUT2D eigenvalue weighted by molar-refractivity contribution is 0.166. The highest BCUT2D eigenvalue weighted by Gasteiger charge is 2.38. The number of nitrogens with two attached hydrogens (primary N) is 1. The maximum absolute atomic E-state index is 11.4. The topological polar surface area (TPSA) is 63.4 Å². The number of nitrogens with zero attached hydrogens (tertiary/aromatic N) is 1. The number of sulfone groups is 1. The van der Waals surface area contributed by atoms with Crippen LogP contribution < -0.4 is 5.73 Å². The van der Waals surface area contributed by atoms with Gasteiger partial charge in [-0.2, -0.15) is 0 Å². The summed E-state index contributed by atoms with van der Waals surface area (Å²) in [6.07, 6.45) is 3.64. The Morgan fingerprint density at radius 1 is 1.07 bits per heavy atom. The van der Waals surface area contributed by atoms with Crippen LogP contribution in [-0.4, -0.2) is 50.0 Å². The summed E-state index contributed by atoms with van der Waals surface area (Å²) in [5.74, 6) is 0.447. The lowest BCUT2D eigenvalue weighted by atomic mass is 10.1. The fourth-order valence-electron chi connectivity index (χ4n) is 2.48. The Labute approximate surface area is 85.4 Å². The zero-order valence-electron chi connectivity index (χ0n) is 8.35. The minimum absolute atomic E-state index is 0.0836. The molecule has 5 heteroatoms. The maximum Gasteiger partial charge on any atom is 0.153 e. The highest BCUT2D eigenvalue weighted by atomic mass is 32.2. The third kappa shape index (κ3) is 2.10. The Kier molecular flexibility index (Phi) is 2.81. The van der Waals surface area contributed by atoms with Crippen molar-refractivity contribution < 1.29 is 8.42 Å². The molecular weight excluding hydrogens is 200 g/mol. The zero-order chi connectivity index (χ0) is 10.2. The minimum Gasteiger partial charge on any atom is -0.325 e. The van der Waals surface area contributed by atoms with Crippen molar-refractivity contribution in [1.82, 2.24) is 4.90 Å². The molecule has 0 saturated carbocycles. The molecule has 14 heavy (non-hydrogen) atoms. The first-order chi connectivity index (χ1) is 6.58. The molecule has 0 unspecified atom stereocenters. The first-order valence-corrected chi connectivity index (χ1v) is 7.11. The Bertz CT molecular complexity index is 296. The molecule has 0 aromatic heterocycles. The number of hydrogen-bond acceptors (Lipinski definition) is 4. The average Bonchev–Trinajstić information content (AvgIpc) is 2.41. The van der Waals surface area contributed by atoms with E-state index in [0.29, 0.717) is 0 Å². The second-order valence-electron chi connectivity index (χ2n) is 4.40. The molecule has 0 amide bonds. The number of piperidine rings is 1. The van der Waals surface area contributed by atoms with E-state index < -0.39 is 9.84 Å². The molecule has 2 rings (SSSR count). The first-order valence-electron chi connectivity index (χ1n) is 5.28. The van der Waals surface area contributed by atoms with Crippen LogP contribution in [0.3, 0.4) is 0 Å². The zero-order valence-corrected chi connectivity index (χ0v) is 9.17. The van der Waals surface area contributed by atoms with Crippen LogP contribution in [0.4, 0.5) is 0 Å². The van der Waals surface area contributed by atoms with Gasteiger partial charge in [-0.1, -0.05) is 6.42 Å². The van der Waals surface area contributed by atoms with Gasteiger partial charge in [-0.15, -0.1) is 0 Å². The summed E-state index contributed by atoms with van der Waals surface area (Å²) in [4.78, 5) is 2.26. The normalized spacial score (nSPS) is 38.6. The molecule has 82 valence electrons. The molecule has 0 radical (unpaired) electrons. The Balaban J connectivity index is 2.04. The quantitative estimate of drug-likeness (QED) is 0.650. The summed E-state index contributed by atoms with van der Waals surface area (Å²) < 4.78 is 22.8. The van der Waals surface area contributed by atoms with Crippen molar-refractivity contribution in [3.8, 4) is 0 Å². The third-order valence-corrected chi connectivity index (χ3v) is 4.97. The van der Waals surface area contributed by atoms with E-state index in [1.165, 1.54) is 19.3 Å². The van der Waals surface area contributed by atoms with Crippen LogP contribution in [-0.2, 0) is 9.84 Å². The summed E-state index contributed by atoms with van der Waals surface area (Å²) in [5.41, 5.74) is 5.86. The van der Waals surface area contributed by atoms with Gasteiger partial charge in [0.15, 0.2) is 9.84 Å². The highest BCUT2D eigenvalue weighted by Crippen LogP contribution is 2.20. The highest BCUT2D eigenvalue weighted by molar-refractivity contribution is 7.91. The fraction of sp³-hybridized carbons (Fsp3) is 1.00. The first kappa shape index (κ1) is 10.4. The molecule has 2 N–H and O–H groups in total. The van der Waals surface area contributed by atoms with E-state index in [4.69, 9.17) is 5.73 Å². The van der Waals surface area contributed by atoms with E-state index >= 15 is 0 Å². The Hall–Kier alpha value is -0.130. The van der Waals surface area contributed by atoms with Gasteiger partial charge in [-0.05, 0) is 25.9 Å². The van der Waals surface area contributed by atoms with Gasteiger partial charge in [0.2, 0.25) is 0 Å². The van der Waals surface area contributed by atoms with Gasteiger partial charge in [-0.25, -0.2) is 8.42 Å². The van der Waals surface area contributed by atoms with Gasteiger partial charge in [0, 0.05) is 12.1 Å². The monoisotopic (exact) mass is 218 g/mol. The van der Waals surface area contributed by atoms with Crippen molar-refractivity contribution in [2.24, 2.45) is 5.73 Å². The summed E-state index contributed by atoms with van der Waals surface area (Å²) in [6.45, 7) is 2.04. The van der Waals surface area contributed by atoms with Crippen molar-refractivity contribution in [2.75, 3.05) is 24.6 Å². The number of rotatable bonds is 1. The van der Waals surface area contributed by atoms with E-state index in [0.717, 1.165) is 13.1 Å². The van der Waals surface area contributed by atoms with Gasteiger partial charge in [0.1, 0.15) is 0 Å². The number of likely N-dealkylation sites (tertiary alicyclic amines) is 1. The molecule has 2 aliphatic heterocycles. The molecule has 2 aliphatic rings. The number of hydrogen-bond donors (Lipinski definition) is 1. The molecule has 0 bridgehead atoms. The maximum atomic E-state index is 11.4. The molecular formula is C9H18N2O2S. The second kappa shape index (κ2) is 3.79. The molecule has 0 aromatic rings. The van der Waals surface area contributed by atoms with Crippen LogP contribution >= 0.6 is 0 Å². The summed E-state index contributed by atoms with van der Waals surface area (Å²) >= 11 is 0. The lowest BCUT2D eigenvalue weighted by Gasteiger charge is -2.33. The van der Waals surface area contributed by atoms with Crippen LogP contribution in [0.2, 0.25) is 0 Å². The van der Waals surface area contributed by atoms with E-state index in [9.17, 15) is 8.42 Å². The predicted molar refractivity (Wildman–Crippen MR) is 55.8 cm³/mol. The van der Waals surface area contributed by atoms with E-state index in [1.54, 1.807) is 0 Å². The molecule has 2 atom stereocenters. The molecule has 2 fully saturated rings. The van der Waals surface area contributed by atoms with Crippen molar-refractivity contribution in [3.05, 3.63) is 0 Å². The average molecular weight is 218 g/mol. The van der Waals surface area contributed by atoms with Crippen LogP contribution in [0.25, 0.3) is 0 Å². The van der Waals surface area contributed by atoms with Crippen molar-refractivity contribution >= 4 is 9.84 Å². The molecule has 0 aliphatic carbocycles. The van der Waals surface area contributed by atoms with Crippen molar-refractivity contribution in [1.29, 1.82) is 0 Å². The lowest BCUT2D eigenvalue weighted by Crippen LogP contribution is -2.48. The Morgan fingerprint density at radius 3 is 2.21 bits per heavy atom. The smallest absolute Gasteiger partial charge is 0.153 e. The molecule has 2 saturated heterocycles. The van der Waals surface area contributed by atoms with Gasteiger partial charge in [-0.3, -0.25) is 4.90 Å².